The van der Waals surface area contributed by atoms with Gasteiger partial charge in [-0.2, -0.15) is 0 Å². The van der Waals surface area contributed by atoms with E-state index in [1.165, 1.54) is 16.7 Å². The van der Waals surface area contributed by atoms with Crippen molar-refractivity contribution < 1.29 is 14.6 Å². The van der Waals surface area contributed by atoms with Gasteiger partial charge in [0, 0.05) is 12.5 Å². The van der Waals surface area contributed by atoms with E-state index in [2.05, 4.69) is 4.98 Å². The van der Waals surface area contributed by atoms with E-state index < -0.39 is 5.97 Å². The number of thiazole rings is 1. The average molecular weight is 187 g/mol. The maximum atomic E-state index is 10.4. The zero-order valence-corrected chi connectivity index (χ0v) is 7.59. The number of aromatic nitrogens is 1. The van der Waals surface area contributed by atoms with Crippen molar-refractivity contribution >= 4 is 17.3 Å². The number of carboxylic acids is 1. The summed E-state index contributed by atoms with van der Waals surface area (Å²) in [4.78, 5) is 14.3. The second-order valence-electron chi connectivity index (χ2n) is 2.25. The maximum absolute atomic E-state index is 10.4. The molecule has 0 saturated heterocycles. The Bertz CT molecular complexity index is 284. The molecule has 0 radical (unpaired) electrons. The largest absolute Gasteiger partial charge is 0.476 e. The molecular formula is C7H9NO3S. The van der Waals surface area contributed by atoms with Crippen LogP contribution in [0.5, 0.6) is 0 Å². The van der Waals surface area contributed by atoms with Crippen molar-refractivity contribution in [2.24, 2.45) is 0 Å². The molecule has 5 heteroatoms. The fourth-order valence-corrected chi connectivity index (χ4v) is 1.50. The summed E-state index contributed by atoms with van der Waals surface area (Å²) in [6.07, 6.45) is -0.136. The number of aromatic carboxylic acids is 1. The first-order chi connectivity index (χ1) is 5.65. The predicted molar refractivity (Wildman–Crippen MR) is 44.5 cm³/mol. The van der Waals surface area contributed by atoms with Crippen LogP contribution in [0.25, 0.3) is 0 Å². The summed E-state index contributed by atoms with van der Waals surface area (Å²) in [5.74, 6) is -0.999. The van der Waals surface area contributed by atoms with Gasteiger partial charge in [0.05, 0.1) is 0 Å². The molecule has 0 spiro atoms. The molecule has 0 amide bonds. The highest BCUT2D eigenvalue weighted by Gasteiger charge is 2.12. The Morgan fingerprint density at radius 1 is 1.83 bits per heavy atom. The molecule has 0 unspecified atom stereocenters. The molecule has 4 nitrogen and oxygen atoms in total. The van der Waals surface area contributed by atoms with Crippen LogP contribution in [0.15, 0.2) is 5.38 Å². The van der Waals surface area contributed by atoms with Gasteiger partial charge in [-0.3, -0.25) is 0 Å². The fourth-order valence-electron chi connectivity index (χ4n) is 0.673. The number of methoxy groups -OCH3 is 1. The monoisotopic (exact) mass is 187 g/mol. The lowest BCUT2D eigenvalue weighted by Gasteiger charge is -2.02. The van der Waals surface area contributed by atoms with Gasteiger partial charge in [0.2, 0.25) is 0 Å². The van der Waals surface area contributed by atoms with Crippen LogP contribution in [0, 0.1) is 0 Å². The highest BCUT2D eigenvalue weighted by Crippen LogP contribution is 2.19. The fraction of sp³-hybridized carbons (Fsp3) is 0.429. The van der Waals surface area contributed by atoms with Crippen LogP contribution >= 0.6 is 11.3 Å². The molecule has 0 aliphatic carbocycles. The molecule has 66 valence electrons. The van der Waals surface area contributed by atoms with E-state index in [-0.39, 0.29) is 11.8 Å². The molecule has 0 bridgehead atoms. The van der Waals surface area contributed by atoms with Crippen LogP contribution in [0.3, 0.4) is 0 Å². The van der Waals surface area contributed by atoms with Crippen molar-refractivity contribution in [2.45, 2.75) is 13.0 Å². The third-order valence-corrected chi connectivity index (χ3v) is 2.45. The first-order valence-corrected chi connectivity index (χ1v) is 4.24. The van der Waals surface area contributed by atoms with E-state index in [9.17, 15) is 4.79 Å². The topological polar surface area (TPSA) is 59.4 Å². The summed E-state index contributed by atoms with van der Waals surface area (Å²) in [5, 5.41) is 10.8. The van der Waals surface area contributed by atoms with E-state index in [0.717, 1.165) is 0 Å². The zero-order chi connectivity index (χ0) is 9.14. The first kappa shape index (κ1) is 9.15. The molecule has 1 aromatic rings. The summed E-state index contributed by atoms with van der Waals surface area (Å²) in [6, 6.07) is 0. The molecule has 0 fully saturated rings. The van der Waals surface area contributed by atoms with Gasteiger partial charge >= 0.3 is 5.97 Å². The Hall–Kier alpha value is -0.940. The minimum Gasteiger partial charge on any atom is -0.476 e. The average Bonchev–Trinajstić information content (AvgIpc) is 2.51. The van der Waals surface area contributed by atoms with Crippen molar-refractivity contribution in [3.8, 4) is 0 Å². The maximum Gasteiger partial charge on any atom is 0.355 e. The normalized spacial score (nSPS) is 12.8. The van der Waals surface area contributed by atoms with E-state index in [0.29, 0.717) is 5.01 Å². The second-order valence-corrected chi connectivity index (χ2v) is 3.14. The lowest BCUT2D eigenvalue weighted by Crippen LogP contribution is -1.99. The molecule has 12 heavy (non-hydrogen) atoms. The standard InChI is InChI=1S/C7H9NO3S/c1-4(11-2)6-8-5(3-12-6)7(9)10/h3-4H,1-2H3,(H,9,10)/t4-/m0/s1. The van der Waals surface area contributed by atoms with Gasteiger partial charge in [-0.1, -0.05) is 0 Å². The second kappa shape index (κ2) is 3.64. The SMILES string of the molecule is CO[C@@H](C)c1nc(C(=O)O)cs1. The van der Waals surface area contributed by atoms with Crippen LogP contribution in [-0.2, 0) is 4.74 Å². The van der Waals surface area contributed by atoms with Crippen molar-refractivity contribution in [1.29, 1.82) is 0 Å². The highest BCUT2D eigenvalue weighted by molar-refractivity contribution is 7.09. The molecule has 0 aliphatic heterocycles. The van der Waals surface area contributed by atoms with Gasteiger partial charge in [-0.05, 0) is 6.92 Å². The summed E-state index contributed by atoms with van der Waals surface area (Å²) in [7, 11) is 1.56. The third-order valence-electron chi connectivity index (χ3n) is 1.44. The van der Waals surface area contributed by atoms with Gasteiger partial charge in [-0.15, -0.1) is 11.3 Å². The number of nitrogens with zero attached hydrogens (tertiary/aromatic N) is 1. The van der Waals surface area contributed by atoms with Gasteiger partial charge in [0.1, 0.15) is 11.1 Å². The van der Waals surface area contributed by atoms with Crippen LogP contribution in [-0.4, -0.2) is 23.2 Å². The lowest BCUT2D eigenvalue weighted by atomic mass is 10.4. The van der Waals surface area contributed by atoms with Crippen molar-refractivity contribution in [3.05, 3.63) is 16.1 Å². The third kappa shape index (κ3) is 1.80. The summed E-state index contributed by atoms with van der Waals surface area (Å²) in [6.45, 7) is 1.82. The summed E-state index contributed by atoms with van der Waals surface area (Å²) in [5.41, 5.74) is 0.0823. The molecule has 1 rings (SSSR count). The first-order valence-electron chi connectivity index (χ1n) is 3.36. The van der Waals surface area contributed by atoms with Crippen molar-refractivity contribution in [2.75, 3.05) is 7.11 Å². The highest BCUT2D eigenvalue weighted by atomic mass is 32.1. The summed E-state index contributed by atoms with van der Waals surface area (Å²) < 4.78 is 4.98. The smallest absolute Gasteiger partial charge is 0.355 e. The number of carbonyl (C=O) groups is 1. The van der Waals surface area contributed by atoms with Crippen LogP contribution in [0.4, 0.5) is 0 Å². The number of carboxylic acid groups (broad SMARTS) is 1. The predicted octanol–water partition coefficient (Wildman–Crippen LogP) is 1.55. The molecular weight excluding hydrogens is 178 g/mol. The Morgan fingerprint density at radius 2 is 2.50 bits per heavy atom. The van der Waals surface area contributed by atoms with E-state index in [1.54, 1.807) is 7.11 Å². The Labute approximate surface area is 73.8 Å². The minimum atomic E-state index is -0.999. The molecule has 0 saturated carbocycles. The zero-order valence-electron chi connectivity index (χ0n) is 6.77. The van der Waals surface area contributed by atoms with Crippen LogP contribution in [0.1, 0.15) is 28.5 Å². The van der Waals surface area contributed by atoms with Gasteiger partial charge in [-0.25, -0.2) is 9.78 Å². The van der Waals surface area contributed by atoms with Crippen molar-refractivity contribution in [1.82, 2.24) is 4.98 Å². The van der Waals surface area contributed by atoms with Crippen LogP contribution < -0.4 is 0 Å². The quantitative estimate of drug-likeness (QED) is 0.779. The van der Waals surface area contributed by atoms with Crippen LogP contribution in [0.2, 0.25) is 0 Å². The molecule has 1 heterocycles. The number of hydrogen-bond donors (Lipinski definition) is 1. The Kier molecular flexibility index (Phi) is 2.78. The molecule has 1 atom stereocenters. The molecule has 0 aromatic carbocycles. The Balaban J connectivity index is 2.84. The molecule has 1 aromatic heterocycles. The molecule has 0 aliphatic rings. The van der Waals surface area contributed by atoms with Crippen molar-refractivity contribution in [3.63, 3.8) is 0 Å². The molecule has 1 N–H and O–H groups in total. The van der Waals surface area contributed by atoms with E-state index in [1.807, 2.05) is 6.92 Å². The number of hydrogen-bond acceptors (Lipinski definition) is 4. The Morgan fingerprint density at radius 3 is 2.92 bits per heavy atom. The van der Waals surface area contributed by atoms with E-state index >= 15 is 0 Å². The number of ether oxygens (including phenoxy) is 1. The van der Waals surface area contributed by atoms with Gasteiger partial charge in [0.15, 0.2) is 5.69 Å². The van der Waals surface area contributed by atoms with Gasteiger partial charge in [0.25, 0.3) is 0 Å². The minimum absolute atomic E-state index is 0.0823. The number of rotatable bonds is 3. The summed E-state index contributed by atoms with van der Waals surface area (Å²) >= 11 is 1.29. The lowest BCUT2D eigenvalue weighted by molar-refractivity contribution is 0.0690. The van der Waals surface area contributed by atoms with Gasteiger partial charge < -0.3 is 9.84 Å². The van der Waals surface area contributed by atoms with E-state index in [4.69, 9.17) is 9.84 Å².